The molecule has 1 amide bonds. The Labute approximate surface area is 165 Å². The van der Waals surface area contributed by atoms with E-state index in [2.05, 4.69) is 31.4 Å². The van der Waals surface area contributed by atoms with Crippen LogP contribution in [0.3, 0.4) is 0 Å². The molecule has 3 rings (SSSR count). The average molecular weight is 460 g/mol. The second-order valence-corrected chi connectivity index (χ2v) is 6.80. The van der Waals surface area contributed by atoms with Gasteiger partial charge in [-0.15, -0.1) is 0 Å². The van der Waals surface area contributed by atoms with Crippen LogP contribution in [0.5, 0.6) is 0 Å². The third kappa shape index (κ3) is 4.58. The molecule has 1 aromatic carbocycles. The van der Waals surface area contributed by atoms with Crippen LogP contribution in [-0.2, 0) is 24.1 Å². The summed E-state index contributed by atoms with van der Waals surface area (Å²) in [5, 5.41) is 10.1. The largest absolute Gasteiger partial charge is 0.436 e. The van der Waals surface area contributed by atoms with E-state index in [1.165, 1.54) is 36.1 Å². The summed E-state index contributed by atoms with van der Waals surface area (Å²) in [5.41, 5.74) is 0.156. The maximum Gasteiger partial charge on any atom is 0.436 e. The number of nitrogens with one attached hydrogen (secondary N) is 1. The fraction of sp³-hybridized carbons (Fsp3) is 0.235. The first-order valence-corrected chi connectivity index (χ1v) is 8.79. The highest BCUT2D eigenvalue weighted by molar-refractivity contribution is 9.10. The lowest BCUT2D eigenvalue weighted by Gasteiger charge is -2.05. The summed E-state index contributed by atoms with van der Waals surface area (Å²) < 4.78 is 54.2. The van der Waals surface area contributed by atoms with Crippen LogP contribution in [-0.4, -0.2) is 25.5 Å². The lowest BCUT2D eigenvalue weighted by Crippen LogP contribution is -2.20. The van der Waals surface area contributed by atoms with Crippen molar-refractivity contribution in [2.45, 2.75) is 26.2 Å². The minimum absolute atomic E-state index is 0.185. The zero-order chi connectivity index (χ0) is 20.5. The van der Waals surface area contributed by atoms with Crippen LogP contribution in [0.15, 0.2) is 41.1 Å². The van der Waals surface area contributed by atoms with Crippen LogP contribution >= 0.6 is 15.9 Å². The smallest absolute Gasteiger partial charge is 0.322 e. The second-order valence-electron chi connectivity index (χ2n) is 6.01. The monoisotopic (exact) mass is 459 g/mol. The van der Waals surface area contributed by atoms with Crippen LogP contribution in [0, 0.1) is 12.7 Å². The third-order valence-electron chi connectivity index (χ3n) is 3.85. The molecule has 0 spiro atoms. The zero-order valence-corrected chi connectivity index (χ0v) is 16.1. The number of carbonyl (C=O) groups is 1. The molecule has 0 fully saturated rings. The van der Waals surface area contributed by atoms with E-state index in [1.54, 1.807) is 12.1 Å². The third-order valence-corrected chi connectivity index (χ3v) is 4.80. The molecule has 2 aromatic heterocycles. The van der Waals surface area contributed by atoms with E-state index in [-0.39, 0.29) is 16.0 Å². The number of halogens is 5. The number of hydrogen-bond donors (Lipinski definition) is 1. The van der Waals surface area contributed by atoms with E-state index in [4.69, 9.17) is 0 Å². The van der Waals surface area contributed by atoms with E-state index in [0.29, 0.717) is 17.8 Å². The Hall–Kier alpha value is -2.69. The molecule has 0 unspecified atom stereocenters. The predicted molar refractivity (Wildman–Crippen MR) is 96.0 cm³/mol. The molecular weight excluding hydrogens is 446 g/mol. The second kappa shape index (κ2) is 7.74. The molecule has 0 radical (unpaired) electrons. The van der Waals surface area contributed by atoms with Crippen LogP contribution in [0.2, 0.25) is 0 Å². The van der Waals surface area contributed by atoms with E-state index in [9.17, 15) is 22.4 Å². The Morgan fingerprint density at radius 3 is 2.71 bits per heavy atom. The fourth-order valence-corrected chi connectivity index (χ4v) is 3.04. The molecule has 0 saturated heterocycles. The highest BCUT2D eigenvalue weighted by Crippen LogP contribution is 2.35. The van der Waals surface area contributed by atoms with Gasteiger partial charge in [0.1, 0.15) is 12.4 Å². The Balaban J connectivity index is 1.65. The maximum atomic E-state index is 13.2. The van der Waals surface area contributed by atoms with Crippen molar-refractivity contribution in [1.29, 1.82) is 0 Å². The molecular formula is C17H14BrF4N5O. The van der Waals surface area contributed by atoms with E-state index < -0.39 is 24.3 Å². The first-order chi connectivity index (χ1) is 13.1. The number of nitrogens with zero attached hydrogens (tertiary/aromatic N) is 4. The van der Waals surface area contributed by atoms with Crippen molar-refractivity contribution >= 4 is 27.5 Å². The molecule has 0 saturated carbocycles. The Bertz CT molecular complexity index is 1010. The van der Waals surface area contributed by atoms with Gasteiger partial charge in [-0.05, 0) is 40.5 Å². The molecule has 148 valence electrons. The van der Waals surface area contributed by atoms with Gasteiger partial charge in [-0.3, -0.25) is 14.2 Å². The van der Waals surface area contributed by atoms with Gasteiger partial charge in [0, 0.05) is 6.20 Å². The van der Waals surface area contributed by atoms with Crippen molar-refractivity contribution in [3.8, 4) is 0 Å². The molecule has 0 aliphatic heterocycles. The standard InChI is InChI=1S/C17H14BrF4N5O/c1-10-15(18)16(17(20,21)22)25-27(10)9-14(28)24-13-6-23-26(8-13)7-11-3-2-4-12(19)5-11/h2-6,8H,7,9H2,1H3,(H,24,28). The highest BCUT2D eigenvalue weighted by atomic mass is 79.9. The van der Waals surface area contributed by atoms with Gasteiger partial charge in [-0.2, -0.15) is 23.4 Å². The minimum Gasteiger partial charge on any atom is -0.322 e. The van der Waals surface area contributed by atoms with E-state index in [1.807, 2.05) is 0 Å². The number of alkyl halides is 3. The molecule has 2 heterocycles. The summed E-state index contributed by atoms with van der Waals surface area (Å²) in [7, 11) is 0. The molecule has 0 bridgehead atoms. The van der Waals surface area contributed by atoms with Gasteiger partial charge in [0.15, 0.2) is 5.69 Å². The molecule has 28 heavy (non-hydrogen) atoms. The van der Waals surface area contributed by atoms with E-state index >= 15 is 0 Å². The number of anilines is 1. The summed E-state index contributed by atoms with van der Waals surface area (Å²) in [5.74, 6) is -0.922. The molecule has 3 aromatic rings. The van der Waals surface area contributed by atoms with Gasteiger partial charge >= 0.3 is 6.18 Å². The summed E-state index contributed by atoms with van der Waals surface area (Å²) >= 11 is 2.86. The number of carbonyl (C=O) groups excluding carboxylic acids is 1. The number of hydrogen-bond acceptors (Lipinski definition) is 3. The van der Waals surface area contributed by atoms with Crippen molar-refractivity contribution in [2.75, 3.05) is 5.32 Å². The number of benzene rings is 1. The van der Waals surface area contributed by atoms with Gasteiger partial charge in [0.05, 0.1) is 28.6 Å². The number of aromatic nitrogens is 4. The average Bonchev–Trinajstić information content (AvgIpc) is 3.13. The molecule has 6 nitrogen and oxygen atoms in total. The SMILES string of the molecule is Cc1c(Br)c(C(F)(F)F)nn1CC(=O)Nc1cnn(Cc2cccc(F)c2)c1. The maximum absolute atomic E-state index is 13.2. The zero-order valence-electron chi connectivity index (χ0n) is 14.5. The Kier molecular flexibility index (Phi) is 5.54. The highest BCUT2D eigenvalue weighted by Gasteiger charge is 2.38. The van der Waals surface area contributed by atoms with Gasteiger partial charge < -0.3 is 5.32 Å². The first-order valence-electron chi connectivity index (χ1n) is 8.00. The van der Waals surface area contributed by atoms with Crippen LogP contribution in [0.4, 0.5) is 23.2 Å². The fourth-order valence-electron chi connectivity index (χ4n) is 2.53. The Morgan fingerprint density at radius 1 is 1.32 bits per heavy atom. The normalized spacial score (nSPS) is 11.6. The molecule has 0 atom stereocenters. The van der Waals surface area contributed by atoms with Gasteiger partial charge in [-0.25, -0.2) is 4.39 Å². The summed E-state index contributed by atoms with van der Waals surface area (Å²) in [6.45, 7) is 1.33. The summed E-state index contributed by atoms with van der Waals surface area (Å²) in [4.78, 5) is 12.2. The summed E-state index contributed by atoms with van der Waals surface area (Å²) in [6.07, 6.45) is -1.69. The van der Waals surface area contributed by atoms with Crippen LogP contribution in [0.1, 0.15) is 17.0 Å². The van der Waals surface area contributed by atoms with Crippen molar-refractivity contribution in [3.05, 3.63) is 63.9 Å². The quantitative estimate of drug-likeness (QED) is 0.586. The van der Waals surface area contributed by atoms with Crippen molar-refractivity contribution in [1.82, 2.24) is 19.6 Å². The molecule has 11 heteroatoms. The van der Waals surface area contributed by atoms with Crippen molar-refractivity contribution in [2.24, 2.45) is 0 Å². The number of amides is 1. The van der Waals surface area contributed by atoms with Gasteiger partial charge in [0.25, 0.3) is 0 Å². The number of rotatable bonds is 5. The minimum atomic E-state index is -4.62. The van der Waals surface area contributed by atoms with Crippen molar-refractivity contribution < 1.29 is 22.4 Å². The lowest BCUT2D eigenvalue weighted by atomic mass is 10.2. The van der Waals surface area contributed by atoms with E-state index in [0.717, 1.165) is 4.68 Å². The lowest BCUT2D eigenvalue weighted by molar-refractivity contribution is -0.142. The van der Waals surface area contributed by atoms with Crippen LogP contribution in [0.25, 0.3) is 0 Å². The van der Waals surface area contributed by atoms with Gasteiger partial charge in [0.2, 0.25) is 5.91 Å². The topological polar surface area (TPSA) is 64.7 Å². The molecule has 1 N–H and O–H groups in total. The van der Waals surface area contributed by atoms with Crippen LogP contribution < -0.4 is 5.32 Å². The van der Waals surface area contributed by atoms with Crippen molar-refractivity contribution in [3.63, 3.8) is 0 Å². The van der Waals surface area contributed by atoms with Gasteiger partial charge in [-0.1, -0.05) is 12.1 Å². The first kappa shape index (κ1) is 20.1. The Morgan fingerprint density at radius 2 is 2.07 bits per heavy atom. The molecule has 0 aliphatic rings. The predicted octanol–water partition coefficient (Wildman–Crippen LogP) is 4.00. The summed E-state index contributed by atoms with van der Waals surface area (Å²) in [6, 6.07) is 6.02. The molecule has 0 aliphatic carbocycles.